The number of aliphatic hydroxyl groups excluding tert-OH is 1. The van der Waals surface area contributed by atoms with Gasteiger partial charge in [-0.3, -0.25) is 0 Å². The molecule has 0 atom stereocenters. The van der Waals surface area contributed by atoms with Gasteiger partial charge in [0.25, 0.3) is 0 Å². The molecule has 0 saturated heterocycles. The first-order valence-electron chi connectivity index (χ1n) is 5.82. The van der Waals surface area contributed by atoms with Crippen LogP contribution in [-0.2, 0) is 10.4 Å². The zero-order valence-electron chi connectivity index (χ0n) is 10.7. The van der Waals surface area contributed by atoms with Crippen molar-refractivity contribution < 1.29 is 21.9 Å². The number of aliphatic hydroxyl groups is 1. The predicted molar refractivity (Wildman–Crippen MR) is 70.7 cm³/mol. The molecule has 106 valence electrons. The van der Waals surface area contributed by atoms with E-state index in [9.17, 15) is 8.42 Å². The summed E-state index contributed by atoms with van der Waals surface area (Å²) >= 11 is 0. The third-order valence-electron chi connectivity index (χ3n) is 2.95. The first-order valence-corrected chi connectivity index (χ1v) is 7.15. The summed E-state index contributed by atoms with van der Waals surface area (Å²) < 4.78 is 32.7. The Labute approximate surface area is 111 Å². The number of fused-ring (bicyclic) bond motifs is 2. The van der Waals surface area contributed by atoms with Crippen molar-refractivity contribution in [1.82, 2.24) is 0 Å². The normalized spacial score (nSPS) is 15.5. The molecule has 0 amide bonds. The smallest absolute Gasteiger partial charge is 0.398 e. The van der Waals surface area contributed by atoms with Crippen LogP contribution in [0.3, 0.4) is 0 Å². The third kappa shape index (κ3) is 2.41. The fraction of sp³-hybridized carbons (Fsp3) is 0.455. The maximum atomic E-state index is 11.5. The Balaban J connectivity index is 2.62. The van der Waals surface area contributed by atoms with Crippen LogP contribution in [0, 0.1) is 6.92 Å². The lowest BCUT2D eigenvalue weighted by Crippen LogP contribution is -2.31. The van der Waals surface area contributed by atoms with E-state index in [4.69, 9.17) is 19.2 Å². The Morgan fingerprint density at radius 2 is 2.11 bits per heavy atom. The highest BCUT2D eigenvalue weighted by Crippen LogP contribution is 2.47. The molecular formula is C11H16N2O5S. The fourth-order valence-corrected chi connectivity index (χ4v) is 2.77. The molecule has 1 aromatic rings. The van der Waals surface area contributed by atoms with Crippen LogP contribution in [0.2, 0.25) is 0 Å². The van der Waals surface area contributed by atoms with Gasteiger partial charge in [0.15, 0.2) is 11.5 Å². The number of likely N-dealkylation sites (N-methyl/N-ethyl adjacent to an activating group) is 1. The zero-order valence-corrected chi connectivity index (χ0v) is 11.5. The lowest BCUT2D eigenvalue weighted by Gasteiger charge is -2.30. The molecule has 0 fully saturated rings. The second kappa shape index (κ2) is 4.78. The highest BCUT2D eigenvalue weighted by Gasteiger charge is 2.33. The number of nitrogen functional groups attached to an aromatic ring is 1. The van der Waals surface area contributed by atoms with Crippen molar-refractivity contribution in [2.45, 2.75) is 13.8 Å². The first kappa shape index (κ1) is 13.8. The molecule has 2 rings (SSSR count). The topological polar surface area (TPSA) is 102 Å². The minimum atomic E-state index is -4.09. The molecule has 2 bridgehead atoms. The average molecular weight is 288 g/mol. The number of nitrogens with zero attached hydrogens (tertiary/aromatic N) is 1. The van der Waals surface area contributed by atoms with Crippen LogP contribution in [0.1, 0.15) is 12.5 Å². The number of anilines is 2. The summed E-state index contributed by atoms with van der Waals surface area (Å²) in [7, 11) is -4.09. The molecule has 7 nitrogen and oxygen atoms in total. The minimum Gasteiger partial charge on any atom is -0.398 e. The maximum absolute atomic E-state index is 11.5. The quantitative estimate of drug-likeness (QED) is 0.774. The number of hydrogen-bond acceptors (Lipinski definition) is 7. The summed E-state index contributed by atoms with van der Waals surface area (Å²) in [6, 6.07) is 1.45. The number of nitrogens with two attached hydrogens (primary N) is 1. The van der Waals surface area contributed by atoms with Crippen LogP contribution in [0.4, 0.5) is 11.4 Å². The largest absolute Gasteiger partial charge is 0.501 e. The van der Waals surface area contributed by atoms with Crippen molar-refractivity contribution in [2.24, 2.45) is 0 Å². The third-order valence-corrected chi connectivity index (χ3v) is 3.71. The standard InChI is InChI=1S/C11H16N2O5S/c1-3-13(4-5-14)10-9-6-8(12)7(2)11(10)18-19(15,16)17-9/h6,14H,3-5,12H2,1-2H3. The molecule has 0 spiro atoms. The summed E-state index contributed by atoms with van der Waals surface area (Å²) in [4.78, 5) is 1.77. The van der Waals surface area contributed by atoms with Crippen molar-refractivity contribution in [3.63, 3.8) is 0 Å². The second-order valence-electron chi connectivity index (χ2n) is 4.14. The summed E-state index contributed by atoms with van der Waals surface area (Å²) in [5.74, 6) is 0.288. The summed E-state index contributed by atoms with van der Waals surface area (Å²) in [6.07, 6.45) is 0. The van der Waals surface area contributed by atoms with Gasteiger partial charge in [-0.25, -0.2) is 0 Å². The Morgan fingerprint density at radius 3 is 2.68 bits per heavy atom. The van der Waals surface area contributed by atoms with E-state index in [2.05, 4.69) is 0 Å². The van der Waals surface area contributed by atoms with Gasteiger partial charge in [0, 0.05) is 30.4 Å². The second-order valence-corrected chi connectivity index (χ2v) is 5.29. The Kier molecular flexibility index (Phi) is 3.46. The molecule has 19 heavy (non-hydrogen) atoms. The number of benzene rings is 1. The van der Waals surface area contributed by atoms with Crippen molar-refractivity contribution in [3.05, 3.63) is 11.6 Å². The highest BCUT2D eigenvalue weighted by atomic mass is 32.3. The molecule has 0 aromatic heterocycles. The molecule has 1 heterocycles. The summed E-state index contributed by atoms with van der Waals surface area (Å²) in [5, 5.41) is 9.06. The molecule has 1 aliphatic rings. The summed E-state index contributed by atoms with van der Waals surface area (Å²) in [5.41, 5.74) is 7.20. The zero-order chi connectivity index (χ0) is 14.2. The van der Waals surface area contributed by atoms with E-state index in [1.54, 1.807) is 11.8 Å². The van der Waals surface area contributed by atoms with Gasteiger partial charge < -0.3 is 24.1 Å². The van der Waals surface area contributed by atoms with E-state index in [-0.39, 0.29) is 18.1 Å². The van der Waals surface area contributed by atoms with Gasteiger partial charge in [-0.2, -0.15) is 0 Å². The van der Waals surface area contributed by atoms with Crippen molar-refractivity contribution >= 4 is 21.8 Å². The van der Waals surface area contributed by atoms with E-state index < -0.39 is 10.4 Å². The van der Waals surface area contributed by atoms with Crippen molar-refractivity contribution in [1.29, 1.82) is 0 Å². The lowest BCUT2D eigenvalue weighted by atomic mass is 10.1. The maximum Gasteiger partial charge on any atom is 0.501 e. The molecule has 8 heteroatoms. The number of hydrogen-bond donors (Lipinski definition) is 2. The van der Waals surface area contributed by atoms with E-state index in [1.807, 2.05) is 6.92 Å². The Bertz CT molecular complexity index is 600. The van der Waals surface area contributed by atoms with Gasteiger partial charge in [-0.1, -0.05) is 0 Å². The van der Waals surface area contributed by atoms with E-state index in [1.165, 1.54) is 6.07 Å². The van der Waals surface area contributed by atoms with Crippen molar-refractivity contribution in [2.75, 3.05) is 30.3 Å². The Hall–Kier alpha value is -1.67. The first-order chi connectivity index (χ1) is 8.89. The Morgan fingerprint density at radius 1 is 1.42 bits per heavy atom. The average Bonchev–Trinajstić information content (AvgIpc) is 2.32. The fourth-order valence-electron chi connectivity index (χ4n) is 1.98. The van der Waals surface area contributed by atoms with Gasteiger partial charge in [0.1, 0.15) is 5.69 Å². The van der Waals surface area contributed by atoms with Crippen LogP contribution >= 0.6 is 0 Å². The minimum absolute atomic E-state index is 0.0666. The van der Waals surface area contributed by atoms with Crippen molar-refractivity contribution in [3.8, 4) is 11.5 Å². The van der Waals surface area contributed by atoms with Gasteiger partial charge >= 0.3 is 10.4 Å². The van der Waals surface area contributed by atoms with E-state index in [0.29, 0.717) is 30.0 Å². The van der Waals surface area contributed by atoms with Crippen LogP contribution in [0.15, 0.2) is 6.07 Å². The monoisotopic (exact) mass is 288 g/mol. The predicted octanol–water partition coefficient (Wildman–Crippen LogP) is 0.412. The molecule has 1 aromatic carbocycles. The van der Waals surface area contributed by atoms with Crippen LogP contribution < -0.4 is 19.0 Å². The SMILES string of the molecule is CCN(CCO)c1c2cc(N)c(C)c1OS(=O)(=O)O2. The van der Waals surface area contributed by atoms with E-state index in [0.717, 1.165) is 0 Å². The van der Waals surface area contributed by atoms with Gasteiger partial charge in [-0.15, -0.1) is 8.42 Å². The van der Waals surface area contributed by atoms with Crippen LogP contribution in [0.25, 0.3) is 0 Å². The lowest BCUT2D eigenvalue weighted by molar-refractivity contribution is 0.301. The molecule has 0 saturated carbocycles. The van der Waals surface area contributed by atoms with Crippen LogP contribution in [0.5, 0.6) is 11.5 Å². The van der Waals surface area contributed by atoms with E-state index >= 15 is 0 Å². The van der Waals surface area contributed by atoms with Gasteiger partial charge in [0.05, 0.1) is 6.61 Å². The van der Waals surface area contributed by atoms with Gasteiger partial charge in [0.2, 0.25) is 0 Å². The molecular weight excluding hydrogens is 272 g/mol. The van der Waals surface area contributed by atoms with Crippen LogP contribution in [-0.4, -0.2) is 33.2 Å². The number of rotatable bonds is 4. The summed E-state index contributed by atoms with van der Waals surface area (Å²) in [6.45, 7) is 4.39. The van der Waals surface area contributed by atoms with Gasteiger partial charge in [-0.05, 0) is 13.8 Å². The molecule has 0 aliphatic carbocycles. The molecule has 0 unspecified atom stereocenters. The highest BCUT2D eigenvalue weighted by molar-refractivity contribution is 7.82. The molecule has 0 radical (unpaired) electrons. The molecule has 3 N–H and O–H groups in total. The molecule has 1 aliphatic heterocycles.